The average Bonchev–Trinajstić information content (AvgIpc) is 2.30. The molecule has 0 spiro atoms. The summed E-state index contributed by atoms with van der Waals surface area (Å²) < 4.78 is 0. The molecule has 2 rings (SSSR count). The molecule has 0 aromatic rings. The Balaban J connectivity index is 1.91. The Hall–Kier alpha value is -0.535. The summed E-state index contributed by atoms with van der Waals surface area (Å²) in [6.07, 6.45) is 12.3. The maximum absolute atomic E-state index is 9.08. The van der Waals surface area contributed by atoms with Crippen LogP contribution in [0.15, 0.2) is 23.8 Å². The normalized spacial score (nSPS) is 34.7. The van der Waals surface area contributed by atoms with E-state index in [1.807, 2.05) is 6.08 Å². The highest BCUT2D eigenvalue weighted by Gasteiger charge is 2.25. The summed E-state index contributed by atoms with van der Waals surface area (Å²) in [5.74, 6) is 1.49. The van der Waals surface area contributed by atoms with Gasteiger partial charge in [0.1, 0.15) is 0 Å². The quantitative estimate of drug-likeness (QED) is 0.702. The molecule has 1 saturated carbocycles. The molecule has 0 aromatic carbocycles. The van der Waals surface area contributed by atoms with Crippen LogP contribution >= 0.6 is 0 Å². The predicted molar refractivity (Wildman–Crippen MR) is 66.9 cm³/mol. The van der Waals surface area contributed by atoms with Crippen molar-refractivity contribution in [3.63, 3.8) is 0 Å². The van der Waals surface area contributed by atoms with Crippen molar-refractivity contribution in [1.82, 2.24) is 0 Å². The molecule has 0 bridgehead atoms. The third kappa shape index (κ3) is 2.77. The van der Waals surface area contributed by atoms with E-state index in [9.17, 15) is 0 Å². The zero-order chi connectivity index (χ0) is 11.5. The summed E-state index contributed by atoms with van der Waals surface area (Å²) in [6.45, 7) is 2.33. The minimum Gasteiger partial charge on any atom is -0.427 e. The van der Waals surface area contributed by atoms with Crippen LogP contribution in [0.3, 0.4) is 0 Å². The van der Waals surface area contributed by atoms with Crippen LogP contribution < -0.4 is 0 Å². The second kappa shape index (κ2) is 5.20. The molecule has 0 amide bonds. The van der Waals surface area contributed by atoms with Gasteiger partial charge in [-0.1, -0.05) is 38.0 Å². The minimum atomic E-state index is -1.21. The van der Waals surface area contributed by atoms with Gasteiger partial charge in [-0.2, -0.15) is 0 Å². The number of allylic oxidation sites excluding steroid dienone is 4. The van der Waals surface area contributed by atoms with Crippen LogP contribution in [0.1, 0.15) is 39.0 Å². The van der Waals surface area contributed by atoms with E-state index in [4.69, 9.17) is 10.0 Å². The Bertz CT molecular complexity index is 288. The van der Waals surface area contributed by atoms with Crippen molar-refractivity contribution in [2.75, 3.05) is 0 Å². The van der Waals surface area contributed by atoms with Crippen molar-refractivity contribution < 1.29 is 10.0 Å². The highest BCUT2D eigenvalue weighted by molar-refractivity contribution is 6.44. The standard InChI is InChI=1S/C13H21BO2/c1-10-2-4-11(5-3-10)12-6-8-13(9-7-12)14(15)16/h6-8,10-11,13,15-16H,2-5,9H2,1H3. The van der Waals surface area contributed by atoms with E-state index in [2.05, 4.69) is 19.1 Å². The largest absolute Gasteiger partial charge is 0.459 e. The van der Waals surface area contributed by atoms with Gasteiger partial charge in [0.2, 0.25) is 0 Å². The SMILES string of the molecule is CC1CCC(C2=CCC(B(O)O)C=C2)CC1. The molecular weight excluding hydrogens is 199 g/mol. The van der Waals surface area contributed by atoms with Crippen LogP contribution in [0.4, 0.5) is 0 Å². The zero-order valence-corrected chi connectivity index (χ0v) is 9.97. The molecule has 3 heteroatoms. The van der Waals surface area contributed by atoms with Gasteiger partial charge >= 0.3 is 7.12 Å². The molecule has 2 aliphatic rings. The minimum absolute atomic E-state index is 0.105. The molecule has 0 saturated heterocycles. The van der Waals surface area contributed by atoms with E-state index in [0.29, 0.717) is 5.92 Å². The first-order valence-electron chi connectivity index (χ1n) is 6.41. The molecule has 2 nitrogen and oxygen atoms in total. The summed E-state index contributed by atoms with van der Waals surface area (Å²) in [6, 6.07) is 0. The van der Waals surface area contributed by atoms with Gasteiger partial charge in [-0.25, -0.2) is 0 Å². The average molecular weight is 220 g/mol. The molecule has 0 aromatic heterocycles. The number of rotatable bonds is 2. The Morgan fingerprint density at radius 3 is 2.38 bits per heavy atom. The highest BCUT2D eigenvalue weighted by atomic mass is 16.4. The number of hydrogen-bond acceptors (Lipinski definition) is 2. The van der Waals surface area contributed by atoms with Crippen LogP contribution in [-0.2, 0) is 0 Å². The predicted octanol–water partition coefficient (Wildman–Crippen LogP) is 2.54. The second-order valence-corrected chi connectivity index (χ2v) is 5.33. The lowest BCUT2D eigenvalue weighted by molar-refractivity contribution is 0.322. The van der Waals surface area contributed by atoms with Crippen LogP contribution in [0.5, 0.6) is 0 Å². The molecule has 1 atom stereocenters. The van der Waals surface area contributed by atoms with Gasteiger partial charge in [0.15, 0.2) is 0 Å². The first-order chi connectivity index (χ1) is 7.66. The molecule has 16 heavy (non-hydrogen) atoms. The van der Waals surface area contributed by atoms with E-state index < -0.39 is 7.12 Å². The van der Waals surface area contributed by atoms with Gasteiger partial charge < -0.3 is 10.0 Å². The lowest BCUT2D eigenvalue weighted by Gasteiger charge is -2.28. The lowest BCUT2D eigenvalue weighted by Crippen LogP contribution is -2.21. The fourth-order valence-corrected chi connectivity index (χ4v) is 2.77. The van der Waals surface area contributed by atoms with E-state index >= 15 is 0 Å². The molecule has 2 N–H and O–H groups in total. The van der Waals surface area contributed by atoms with Gasteiger partial charge in [0.05, 0.1) is 0 Å². The molecule has 0 aliphatic heterocycles. The topological polar surface area (TPSA) is 40.5 Å². The zero-order valence-electron chi connectivity index (χ0n) is 9.97. The van der Waals surface area contributed by atoms with Crippen LogP contribution in [0.25, 0.3) is 0 Å². The fraction of sp³-hybridized carbons (Fsp3) is 0.692. The monoisotopic (exact) mass is 220 g/mol. The van der Waals surface area contributed by atoms with E-state index in [-0.39, 0.29) is 5.82 Å². The maximum atomic E-state index is 9.08. The summed E-state index contributed by atoms with van der Waals surface area (Å²) in [5, 5.41) is 18.2. The third-order valence-corrected chi connectivity index (χ3v) is 4.03. The van der Waals surface area contributed by atoms with Crippen LogP contribution in [0.2, 0.25) is 5.82 Å². The van der Waals surface area contributed by atoms with Gasteiger partial charge in [-0.15, -0.1) is 0 Å². The Morgan fingerprint density at radius 1 is 1.19 bits per heavy atom. The summed E-state index contributed by atoms with van der Waals surface area (Å²) >= 11 is 0. The molecular formula is C13H21BO2. The number of hydrogen-bond donors (Lipinski definition) is 2. The van der Waals surface area contributed by atoms with Crippen molar-refractivity contribution in [1.29, 1.82) is 0 Å². The first kappa shape index (κ1) is 11.9. The van der Waals surface area contributed by atoms with E-state index in [1.54, 1.807) is 0 Å². The fourth-order valence-electron chi connectivity index (χ4n) is 2.77. The Morgan fingerprint density at radius 2 is 1.88 bits per heavy atom. The van der Waals surface area contributed by atoms with E-state index in [1.165, 1.54) is 31.3 Å². The first-order valence-corrected chi connectivity index (χ1v) is 6.41. The van der Waals surface area contributed by atoms with Crippen LogP contribution in [-0.4, -0.2) is 17.2 Å². The van der Waals surface area contributed by atoms with Crippen molar-refractivity contribution in [3.8, 4) is 0 Å². The molecule has 1 unspecified atom stereocenters. The molecule has 0 radical (unpaired) electrons. The van der Waals surface area contributed by atoms with Crippen LogP contribution in [0, 0.1) is 11.8 Å². The summed E-state index contributed by atoms with van der Waals surface area (Å²) in [5.41, 5.74) is 1.42. The Labute approximate surface area is 98.2 Å². The second-order valence-electron chi connectivity index (χ2n) is 5.33. The van der Waals surface area contributed by atoms with Crippen molar-refractivity contribution >= 4 is 7.12 Å². The summed E-state index contributed by atoms with van der Waals surface area (Å²) in [7, 11) is -1.21. The molecule has 1 fully saturated rings. The van der Waals surface area contributed by atoms with Gasteiger partial charge in [-0.05, 0) is 36.7 Å². The molecule has 2 aliphatic carbocycles. The van der Waals surface area contributed by atoms with E-state index in [0.717, 1.165) is 12.3 Å². The Kier molecular flexibility index (Phi) is 3.88. The van der Waals surface area contributed by atoms with Gasteiger partial charge in [0, 0.05) is 5.82 Å². The molecule has 0 heterocycles. The van der Waals surface area contributed by atoms with Crippen molar-refractivity contribution in [3.05, 3.63) is 23.8 Å². The third-order valence-electron chi connectivity index (χ3n) is 4.03. The van der Waals surface area contributed by atoms with Crippen molar-refractivity contribution in [2.45, 2.75) is 44.8 Å². The lowest BCUT2D eigenvalue weighted by atomic mass is 9.67. The van der Waals surface area contributed by atoms with Gasteiger partial charge in [-0.3, -0.25) is 0 Å². The smallest absolute Gasteiger partial charge is 0.427 e. The van der Waals surface area contributed by atoms with Gasteiger partial charge in [0.25, 0.3) is 0 Å². The highest BCUT2D eigenvalue weighted by Crippen LogP contribution is 2.36. The summed E-state index contributed by atoms with van der Waals surface area (Å²) in [4.78, 5) is 0. The van der Waals surface area contributed by atoms with Crippen molar-refractivity contribution in [2.24, 2.45) is 11.8 Å². The molecule has 88 valence electrons. The maximum Gasteiger partial charge on any atom is 0.459 e.